The van der Waals surface area contributed by atoms with Crippen molar-refractivity contribution in [2.24, 2.45) is 0 Å². The molecule has 1 aromatic rings. The Balaban J connectivity index is 2.02. The Morgan fingerprint density at radius 2 is 1.95 bits per heavy atom. The number of anilines is 1. The Kier molecular flexibility index (Phi) is 4.97. The lowest BCUT2D eigenvalue weighted by atomic mass is 9.95. The number of nitrogens with one attached hydrogen (secondary N) is 2. The van der Waals surface area contributed by atoms with Crippen LogP contribution in [0.2, 0.25) is 0 Å². The van der Waals surface area contributed by atoms with Gasteiger partial charge >= 0.3 is 0 Å². The van der Waals surface area contributed by atoms with Crippen LogP contribution in [0, 0.1) is 5.82 Å². The van der Waals surface area contributed by atoms with Gasteiger partial charge in [0, 0.05) is 29.9 Å². The molecule has 0 aliphatic heterocycles. The van der Waals surface area contributed by atoms with Crippen LogP contribution in [-0.4, -0.2) is 16.6 Å². The van der Waals surface area contributed by atoms with E-state index in [9.17, 15) is 4.39 Å². The average molecular weight is 279 g/mol. The van der Waals surface area contributed by atoms with Crippen LogP contribution in [-0.2, 0) is 6.54 Å². The van der Waals surface area contributed by atoms with E-state index in [0.717, 1.165) is 12.8 Å². The third-order valence-corrected chi connectivity index (χ3v) is 3.72. The van der Waals surface area contributed by atoms with E-state index >= 15 is 0 Å². The first kappa shape index (κ1) is 15.2. The molecule has 0 aromatic carbocycles. The molecule has 0 radical (unpaired) electrons. The van der Waals surface area contributed by atoms with Crippen molar-refractivity contribution >= 4 is 5.82 Å². The van der Waals surface area contributed by atoms with E-state index in [0.29, 0.717) is 24.0 Å². The van der Waals surface area contributed by atoms with Gasteiger partial charge in [-0.3, -0.25) is 0 Å². The van der Waals surface area contributed by atoms with Crippen LogP contribution in [0.3, 0.4) is 0 Å². The lowest BCUT2D eigenvalue weighted by molar-refractivity contribution is 0.418. The molecule has 2 rings (SSSR count). The van der Waals surface area contributed by atoms with Gasteiger partial charge in [-0.05, 0) is 39.7 Å². The first-order valence-electron chi connectivity index (χ1n) is 7.61. The highest BCUT2D eigenvalue weighted by Gasteiger charge is 2.17. The number of hydrogen-bond donors (Lipinski definition) is 2. The van der Waals surface area contributed by atoms with Gasteiger partial charge in [0.2, 0.25) is 0 Å². The van der Waals surface area contributed by atoms with Gasteiger partial charge in [-0.15, -0.1) is 0 Å². The maximum Gasteiger partial charge on any atom is 0.169 e. The normalized spacial score (nSPS) is 17.2. The Morgan fingerprint density at radius 1 is 1.25 bits per heavy atom. The molecule has 4 heteroatoms. The van der Waals surface area contributed by atoms with Gasteiger partial charge in [-0.1, -0.05) is 19.3 Å². The fourth-order valence-electron chi connectivity index (χ4n) is 2.52. The van der Waals surface area contributed by atoms with Gasteiger partial charge in [0.15, 0.2) is 11.6 Å². The van der Waals surface area contributed by atoms with Crippen LogP contribution >= 0.6 is 0 Å². The van der Waals surface area contributed by atoms with Gasteiger partial charge in [-0.25, -0.2) is 9.37 Å². The smallest absolute Gasteiger partial charge is 0.169 e. The van der Waals surface area contributed by atoms with Crippen LogP contribution < -0.4 is 10.6 Å². The molecule has 0 bridgehead atoms. The van der Waals surface area contributed by atoms with Crippen molar-refractivity contribution in [1.29, 1.82) is 0 Å². The fraction of sp³-hybridized carbons (Fsp3) is 0.688. The molecular weight excluding hydrogens is 253 g/mol. The highest BCUT2D eigenvalue weighted by Crippen LogP contribution is 2.23. The van der Waals surface area contributed by atoms with E-state index in [2.05, 4.69) is 36.4 Å². The summed E-state index contributed by atoms with van der Waals surface area (Å²) < 4.78 is 14.4. The Hall–Kier alpha value is -1.16. The van der Waals surface area contributed by atoms with E-state index in [4.69, 9.17) is 0 Å². The molecule has 2 N–H and O–H groups in total. The zero-order chi connectivity index (χ0) is 14.6. The third kappa shape index (κ3) is 4.44. The molecule has 0 atom stereocenters. The van der Waals surface area contributed by atoms with E-state index in [1.54, 1.807) is 12.3 Å². The van der Waals surface area contributed by atoms with Gasteiger partial charge in [0.05, 0.1) is 0 Å². The van der Waals surface area contributed by atoms with Crippen molar-refractivity contribution in [2.45, 2.75) is 71.0 Å². The molecule has 3 nitrogen and oxygen atoms in total. The summed E-state index contributed by atoms with van der Waals surface area (Å²) in [6, 6.07) is 2.12. The molecule has 112 valence electrons. The number of rotatable bonds is 4. The SMILES string of the molecule is CC(C)(C)NCc1ccnc(NC2CCCCC2)c1F. The van der Waals surface area contributed by atoms with Crippen molar-refractivity contribution < 1.29 is 4.39 Å². The van der Waals surface area contributed by atoms with Crippen molar-refractivity contribution in [2.75, 3.05) is 5.32 Å². The van der Waals surface area contributed by atoms with E-state index < -0.39 is 0 Å². The molecule has 0 unspecified atom stereocenters. The third-order valence-electron chi connectivity index (χ3n) is 3.72. The Bertz CT molecular complexity index is 434. The number of aromatic nitrogens is 1. The molecule has 1 aliphatic carbocycles. The van der Waals surface area contributed by atoms with Crippen molar-refractivity contribution in [1.82, 2.24) is 10.3 Å². The van der Waals surface area contributed by atoms with Gasteiger partial charge in [-0.2, -0.15) is 0 Å². The second-order valence-corrected chi connectivity index (χ2v) is 6.72. The largest absolute Gasteiger partial charge is 0.365 e. The summed E-state index contributed by atoms with van der Waals surface area (Å²) in [5.41, 5.74) is 0.653. The minimum absolute atomic E-state index is 0.0212. The average Bonchev–Trinajstić information content (AvgIpc) is 2.40. The summed E-state index contributed by atoms with van der Waals surface area (Å²) in [6.45, 7) is 6.76. The lowest BCUT2D eigenvalue weighted by Gasteiger charge is -2.24. The van der Waals surface area contributed by atoms with Gasteiger partial charge in [0.25, 0.3) is 0 Å². The predicted octanol–water partition coefficient (Wildman–Crippen LogP) is 3.85. The van der Waals surface area contributed by atoms with Crippen LogP contribution in [0.25, 0.3) is 0 Å². The zero-order valence-electron chi connectivity index (χ0n) is 12.8. The number of hydrogen-bond acceptors (Lipinski definition) is 3. The molecule has 1 saturated carbocycles. The summed E-state index contributed by atoms with van der Waals surface area (Å²) in [5.74, 6) is 0.194. The second kappa shape index (κ2) is 6.53. The molecule has 1 aromatic heterocycles. The monoisotopic (exact) mass is 279 g/mol. The standard InChI is InChI=1S/C16H26FN3/c1-16(2,3)19-11-12-9-10-18-15(14(12)17)20-13-7-5-4-6-8-13/h9-10,13,19H,4-8,11H2,1-3H3,(H,18,20). The second-order valence-electron chi connectivity index (χ2n) is 6.72. The first-order valence-corrected chi connectivity index (χ1v) is 7.61. The topological polar surface area (TPSA) is 37.0 Å². The molecule has 1 fully saturated rings. The number of nitrogens with zero attached hydrogens (tertiary/aromatic N) is 1. The molecule has 0 saturated heterocycles. The zero-order valence-corrected chi connectivity index (χ0v) is 12.8. The first-order chi connectivity index (χ1) is 9.46. The minimum atomic E-state index is -0.213. The van der Waals surface area contributed by atoms with E-state index in [-0.39, 0.29) is 11.4 Å². The Labute approximate surface area is 121 Å². The van der Waals surface area contributed by atoms with E-state index in [1.165, 1.54) is 19.3 Å². The maximum atomic E-state index is 14.4. The highest BCUT2D eigenvalue weighted by molar-refractivity contribution is 5.41. The summed E-state index contributed by atoms with van der Waals surface area (Å²) in [4.78, 5) is 4.16. The van der Waals surface area contributed by atoms with Crippen LogP contribution in [0.5, 0.6) is 0 Å². The predicted molar refractivity (Wildman–Crippen MR) is 81.3 cm³/mol. The van der Waals surface area contributed by atoms with Gasteiger partial charge in [0.1, 0.15) is 0 Å². The van der Waals surface area contributed by atoms with Crippen LogP contribution in [0.4, 0.5) is 10.2 Å². The molecule has 0 amide bonds. The Morgan fingerprint density at radius 3 is 2.60 bits per heavy atom. The summed E-state index contributed by atoms with van der Waals surface area (Å²) >= 11 is 0. The molecule has 20 heavy (non-hydrogen) atoms. The quantitative estimate of drug-likeness (QED) is 0.879. The number of halogens is 1. The number of pyridine rings is 1. The molecule has 1 aliphatic rings. The maximum absolute atomic E-state index is 14.4. The van der Waals surface area contributed by atoms with Crippen LogP contribution in [0.1, 0.15) is 58.4 Å². The molecule has 1 heterocycles. The minimum Gasteiger partial charge on any atom is -0.365 e. The molecular formula is C16H26FN3. The summed E-state index contributed by atoms with van der Waals surface area (Å²) in [6.07, 6.45) is 7.67. The summed E-state index contributed by atoms with van der Waals surface area (Å²) in [5, 5.41) is 6.59. The van der Waals surface area contributed by atoms with E-state index in [1.807, 2.05) is 0 Å². The van der Waals surface area contributed by atoms with Crippen molar-refractivity contribution in [3.8, 4) is 0 Å². The van der Waals surface area contributed by atoms with Crippen molar-refractivity contribution in [3.63, 3.8) is 0 Å². The van der Waals surface area contributed by atoms with Crippen LogP contribution in [0.15, 0.2) is 12.3 Å². The summed E-state index contributed by atoms with van der Waals surface area (Å²) in [7, 11) is 0. The van der Waals surface area contributed by atoms with Gasteiger partial charge < -0.3 is 10.6 Å². The highest BCUT2D eigenvalue weighted by atomic mass is 19.1. The lowest BCUT2D eigenvalue weighted by Crippen LogP contribution is -2.35. The molecule has 0 spiro atoms. The fourth-order valence-corrected chi connectivity index (χ4v) is 2.52. The van der Waals surface area contributed by atoms with Crippen molar-refractivity contribution in [3.05, 3.63) is 23.6 Å².